The second-order valence-corrected chi connectivity index (χ2v) is 9.94. The Morgan fingerprint density at radius 3 is 2.28 bits per heavy atom. The van der Waals surface area contributed by atoms with Gasteiger partial charge in [-0.05, 0) is 84.8 Å². The van der Waals surface area contributed by atoms with Crippen molar-refractivity contribution in [3.8, 4) is 0 Å². The lowest BCUT2D eigenvalue weighted by molar-refractivity contribution is 0.361. The Balaban J connectivity index is 1.50. The highest BCUT2D eigenvalue weighted by Gasteiger charge is 2.31. The van der Waals surface area contributed by atoms with Crippen LogP contribution in [-0.2, 0) is 0 Å². The predicted octanol–water partition coefficient (Wildman–Crippen LogP) is 8.18. The Morgan fingerprint density at radius 2 is 1.59 bits per heavy atom. The molecule has 1 N–H and O–H groups in total. The van der Waals surface area contributed by atoms with Crippen LogP contribution in [0.5, 0.6) is 0 Å². The van der Waals surface area contributed by atoms with Crippen molar-refractivity contribution in [2.75, 3.05) is 18.0 Å². The first-order chi connectivity index (χ1) is 15.4. The molecule has 0 spiro atoms. The zero-order chi connectivity index (χ0) is 22.7. The average Bonchev–Trinajstić information content (AvgIpc) is 2.77. The first-order valence-electron chi connectivity index (χ1n) is 10.2. The summed E-state index contributed by atoms with van der Waals surface area (Å²) in [6, 6.07) is 17.3. The summed E-state index contributed by atoms with van der Waals surface area (Å²) in [7, 11) is 0. The number of benzene rings is 3. The number of hydrogen-bond donors (Lipinski definition) is 1. The molecule has 168 valence electrons. The van der Waals surface area contributed by atoms with E-state index >= 15 is 0 Å². The molecule has 2 unspecified atom stereocenters. The van der Waals surface area contributed by atoms with Crippen LogP contribution >= 0.6 is 46.8 Å². The summed E-state index contributed by atoms with van der Waals surface area (Å²) >= 11 is 19.7. The molecule has 0 aliphatic carbocycles. The van der Waals surface area contributed by atoms with Crippen molar-refractivity contribution < 1.29 is 8.78 Å². The van der Waals surface area contributed by atoms with Crippen LogP contribution in [0.1, 0.15) is 24.4 Å². The molecule has 0 aromatic heterocycles. The third-order valence-electron chi connectivity index (χ3n) is 5.62. The van der Waals surface area contributed by atoms with Gasteiger partial charge in [0.2, 0.25) is 0 Å². The molecule has 1 fully saturated rings. The molecule has 3 aromatic carbocycles. The van der Waals surface area contributed by atoms with Crippen molar-refractivity contribution in [1.29, 1.82) is 0 Å². The number of anilines is 1. The molecule has 2 nitrogen and oxygen atoms in total. The minimum absolute atomic E-state index is 0.0105. The number of halogens is 5. The zero-order valence-corrected chi connectivity index (χ0v) is 20.1. The van der Waals surface area contributed by atoms with Gasteiger partial charge in [-0.15, -0.1) is 0 Å². The fourth-order valence-corrected chi connectivity index (χ4v) is 5.49. The molecular formula is C24H21Cl3F2N2S. The minimum Gasteiger partial charge on any atom is -0.364 e. The summed E-state index contributed by atoms with van der Waals surface area (Å²) in [4.78, 5) is 2.30. The van der Waals surface area contributed by atoms with Crippen molar-refractivity contribution in [2.45, 2.75) is 23.8 Å². The number of piperidine rings is 1. The van der Waals surface area contributed by atoms with Gasteiger partial charge in [0.05, 0.1) is 10.9 Å². The summed E-state index contributed by atoms with van der Waals surface area (Å²) in [5.41, 5.74) is 2.07. The van der Waals surface area contributed by atoms with Gasteiger partial charge >= 0.3 is 0 Å². The summed E-state index contributed by atoms with van der Waals surface area (Å²) in [6.45, 7) is 1.38. The lowest BCUT2D eigenvalue weighted by atomic mass is 9.88. The van der Waals surface area contributed by atoms with Gasteiger partial charge in [-0.1, -0.05) is 46.9 Å². The Morgan fingerprint density at radius 1 is 0.906 bits per heavy atom. The van der Waals surface area contributed by atoms with Crippen LogP contribution in [0.15, 0.2) is 65.6 Å². The third kappa shape index (κ3) is 5.52. The number of rotatable bonds is 6. The van der Waals surface area contributed by atoms with Gasteiger partial charge < -0.3 is 4.90 Å². The van der Waals surface area contributed by atoms with E-state index in [0.29, 0.717) is 21.6 Å². The van der Waals surface area contributed by atoms with Crippen LogP contribution in [0, 0.1) is 17.6 Å². The normalized spacial score (nSPS) is 18.7. The number of hydrogen-bond acceptors (Lipinski definition) is 3. The van der Waals surface area contributed by atoms with Crippen LogP contribution in [0.2, 0.25) is 15.1 Å². The molecule has 4 rings (SSSR count). The van der Waals surface area contributed by atoms with Crippen LogP contribution in [-0.4, -0.2) is 13.1 Å². The van der Waals surface area contributed by atoms with Gasteiger partial charge in [-0.3, -0.25) is 4.72 Å². The zero-order valence-electron chi connectivity index (χ0n) is 17.0. The highest BCUT2D eigenvalue weighted by atomic mass is 35.5. The maximum atomic E-state index is 13.9. The van der Waals surface area contributed by atoms with Crippen LogP contribution in [0.25, 0.3) is 0 Å². The third-order valence-corrected chi connectivity index (χ3v) is 7.34. The molecule has 1 saturated heterocycles. The molecule has 0 radical (unpaired) electrons. The first-order valence-corrected chi connectivity index (χ1v) is 12.2. The van der Waals surface area contributed by atoms with Crippen molar-refractivity contribution in [1.82, 2.24) is 4.72 Å². The molecule has 2 atom stereocenters. The summed E-state index contributed by atoms with van der Waals surface area (Å²) in [5.74, 6) is -0.840. The standard InChI is InChI=1S/C24H21Cl3F2N2S/c25-16-5-8-18(9-6-16)31-14-15(13-30-32-24-21(28)2-1-3-22(24)29)4-11-23(31)19-10-7-17(26)12-20(19)27/h1-3,5-10,12,15,23,30H,4,11,13-14H2. The Bertz CT molecular complexity index is 1060. The van der Waals surface area contributed by atoms with Crippen molar-refractivity contribution >= 4 is 52.4 Å². The van der Waals surface area contributed by atoms with Crippen LogP contribution < -0.4 is 9.62 Å². The molecule has 1 aliphatic rings. The minimum atomic E-state index is -0.564. The Kier molecular flexibility index (Phi) is 7.85. The van der Waals surface area contributed by atoms with E-state index in [9.17, 15) is 8.78 Å². The Hall–Kier alpha value is -1.50. The van der Waals surface area contributed by atoms with Gasteiger partial charge in [0, 0.05) is 33.8 Å². The molecular weight excluding hydrogens is 493 g/mol. The second kappa shape index (κ2) is 10.6. The topological polar surface area (TPSA) is 15.3 Å². The van der Waals surface area contributed by atoms with Gasteiger partial charge in [0.1, 0.15) is 11.6 Å². The van der Waals surface area contributed by atoms with Crippen molar-refractivity contribution in [3.05, 3.63) is 92.9 Å². The van der Waals surface area contributed by atoms with Gasteiger partial charge in [-0.25, -0.2) is 8.78 Å². The maximum absolute atomic E-state index is 13.9. The average molecular weight is 514 g/mol. The molecule has 1 heterocycles. The SMILES string of the molecule is Fc1cccc(F)c1SNCC1CCC(c2ccc(Cl)cc2Cl)N(c2ccc(Cl)cc2)C1. The van der Waals surface area contributed by atoms with Crippen LogP contribution in [0.4, 0.5) is 14.5 Å². The molecule has 0 bridgehead atoms. The highest BCUT2D eigenvalue weighted by molar-refractivity contribution is 7.97. The number of nitrogens with zero attached hydrogens (tertiary/aromatic N) is 1. The second-order valence-electron chi connectivity index (χ2n) is 7.76. The summed E-state index contributed by atoms with van der Waals surface area (Å²) < 4.78 is 30.9. The fraction of sp³-hybridized carbons (Fsp3) is 0.250. The lowest BCUT2D eigenvalue weighted by Gasteiger charge is -2.42. The van der Waals surface area contributed by atoms with Crippen molar-refractivity contribution in [2.24, 2.45) is 5.92 Å². The van der Waals surface area contributed by atoms with E-state index in [2.05, 4.69) is 9.62 Å². The largest absolute Gasteiger partial charge is 0.364 e. The van der Waals surface area contributed by atoms with E-state index < -0.39 is 11.6 Å². The quantitative estimate of drug-likeness (QED) is 0.335. The van der Waals surface area contributed by atoms with E-state index in [1.807, 2.05) is 36.4 Å². The van der Waals surface area contributed by atoms with E-state index in [4.69, 9.17) is 34.8 Å². The summed E-state index contributed by atoms with van der Waals surface area (Å²) in [6.07, 6.45) is 1.83. The molecule has 1 aliphatic heterocycles. The van der Waals surface area contributed by atoms with Crippen LogP contribution in [0.3, 0.4) is 0 Å². The molecule has 0 saturated carbocycles. The fourth-order valence-electron chi connectivity index (χ4n) is 4.04. The molecule has 3 aromatic rings. The predicted molar refractivity (Wildman–Crippen MR) is 131 cm³/mol. The van der Waals surface area contributed by atoms with Gasteiger partial charge in [0.15, 0.2) is 0 Å². The van der Waals surface area contributed by atoms with E-state index in [1.165, 1.54) is 18.2 Å². The number of nitrogens with one attached hydrogen (secondary N) is 1. The Labute approximate surface area is 206 Å². The molecule has 0 amide bonds. The first kappa shape index (κ1) is 23.7. The van der Waals surface area contributed by atoms with E-state index in [-0.39, 0.29) is 16.9 Å². The summed E-state index contributed by atoms with van der Waals surface area (Å²) in [5, 5.41) is 1.92. The molecule has 8 heteroatoms. The highest BCUT2D eigenvalue weighted by Crippen LogP contribution is 2.40. The molecule has 32 heavy (non-hydrogen) atoms. The monoisotopic (exact) mass is 512 g/mol. The van der Waals surface area contributed by atoms with Gasteiger partial charge in [-0.2, -0.15) is 0 Å². The smallest absolute Gasteiger partial charge is 0.141 e. The van der Waals surface area contributed by atoms with Gasteiger partial charge in [0.25, 0.3) is 0 Å². The van der Waals surface area contributed by atoms with E-state index in [0.717, 1.165) is 42.6 Å². The van der Waals surface area contributed by atoms with E-state index in [1.54, 1.807) is 6.07 Å². The maximum Gasteiger partial charge on any atom is 0.141 e. The van der Waals surface area contributed by atoms with Crippen molar-refractivity contribution in [3.63, 3.8) is 0 Å². The lowest BCUT2D eigenvalue weighted by Crippen LogP contribution is -2.41.